The number of aliphatic hydroxyl groups is 1. The van der Waals surface area contributed by atoms with Crippen LogP contribution in [0.15, 0.2) is 0 Å². The Kier molecular flexibility index (Phi) is 3.75. The first-order valence-electron chi connectivity index (χ1n) is 6.41. The standard InChI is InChI=1S/C12H19N3O4/c1-8-5-14(4-3-9(8)16)10(17)7-15-11(18)6-13(2)12(15)19/h8-9,16H,3-7H2,1-2H3. The van der Waals surface area contributed by atoms with E-state index in [-0.39, 0.29) is 36.9 Å². The number of likely N-dealkylation sites (tertiary alicyclic amines) is 1. The maximum absolute atomic E-state index is 12.1. The lowest BCUT2D eigenvalue weighted by atomic mass is 9.97. The molecule has 0 radical (unpaired) electrons. The van der Waals surface area contributed by atoms with E-state index in [9.17, 15) is 19.5 Å². The van der Waals surface area contributed by atoms with Gasteiger partial charge >= 0.3 is 6.03 Å². The van der Waals surface area contributed by atoms with Crippen molar-refractivity contribution >= 4 is 17.8 Å². The molecule has 2 aliphatic heterocycles. The topological polar surface area (TPSA) is 81.2 Å². The van der Waals surface area contributed by atoms with Gasteiger partial charge in [-0.2, -0.15) is 0 Å². The van der Waals surface area contributed by atoms with Crippen molar-refractivity contribution in [2.45, 2.75) is 19.4 Å². The van der Waals surface area contributed by atoms with Crippen molar-refractivity contribution < 1.29 is 19.5 Å². The molecule has 1 N–H and O–H groups in total. The molecule has 0 spiro atoms. The van der Waals surface area contributed by atoms with Crippen LogP contribution in [0.4, 0.5) is 4.79 Å². The number of hydrogen-bond donors (Lipinski definition) is 1. The number of carbonyl (C=O) groups is 3. The maximum Gasteiger partial charge on any atom is 0.327 e. The summed E-state index contributed by atoms with van der Waals surface area (Å²) in [5, 5.41) is 9.62. The highest BCUT2D eigenvalue weighted by Crippen LogP contribution is 2.17. The summed E-state index contributed by atoms with van der Waals surface area (Å²) >= 11 is 0. The van der Waals surface area contributed by atoms with Crippen LogP contribution in [-0.2, 0) is 9.59 Å². The second-order valence-electron chi connectivity index (χ2n) is 5.29. The summed E-state index contributed by atoms with van der Waals surface area (Å²) in [6.07, 6.45) is 0.152. The van der Waals surface area contributed by atoms with Crippen LogP contribution in [-0.4, -0.2) is 77.0 Å². The van der Waals surface area contributed by atoms with E-state index >= 15 is 0 Å². The number of nitrogens with zero attached hydrogens (tertiary/aromatic N) is 3. The average molecular weight is 269 g/mol. The molecule has 0 aliphatic carbocycles. The van der Waals surface area contributed by atoms with Gasteiger partial charge in [0.25, 0.3) is 5.91 Å². The Morgan fingerprint density at radius 2 is 2.11 bits per heavy atom. The molecule has 2 unspecified atom stereocenters. The highest BCUT2D eigenvalue weighted by Gasteiger charge is 2.36. The van der Waals surface area contributed by atoms with E-state index in [2.05, 4.69) is 0 Å². The van der Waals surface area contributed by atoms with Gasteiger partial charge in [0.1, 0.15) is 13.1 Å². The van der Waals surface area contributed by atoms with Gasteiger partial charge in [-0.05, 0) is 12.3 Å². The minimum Gasteiger partial charge on any atom is -0.393 e. The summed E-state index contributed by atoms with van der Waals surface area (Å²) in [7, 11) is 1.53. The number of likely N-dealkylation sites (N-methyl/N-ethyl adjacent to an activating group) is 1. The molecule has 2 heterocycles. The van der Waals surface area contributed by atoms with E-state index in [1.54, 1.807) is 4.90 Å². The van der Waals surface area contributed by atoms with Crippen molar-refractivity contribution in [3.63, 3.8) is 0 Å². The summed E-state index contributed by atoms with van der Waals surface area (Å²) in [6.45, 7) is 2.64. The third-order valence-electron chi connectivity index (χ3n) is 3.74. The van der Waals surface area contributed by atoms with Crippen molar-refractivity contribution in [2.24, 2.45) is 5.92 Å². The number of urea groups is 1. The van der Waals surface area contributed by atoms with Crippen LogP contribution in [0, 0.1) is 5.92 Å². The number of rotatable bonds is 2. The Bertz CT molecular complexity index is 412. The molecule has 2 fully saturated rings. The highest BCUT2D eigenvalue weighted by molar-refractivity contribution is 6.04. The number of imide groups is 1. The fraction of sp³-hybridized carbons (Fsp3) is 0.750. The van der Waals surface area contributed by atoms with Crippen LogP contribution in [0.25, 0.3) is 0 Å². The summed E-state index contributed by atoms with van der Waals surface area (Å²) < 4.78 is 0. The Morgan fingerprint density at radius 1 is 1.42 bits per heavy atom. The van der Waals surface area contributed by atoms with E-state index in [1.807, 2.05) is 6.92 Å². The first-order valence-corrected chi connectivity index (χ1v) is 6.41. The number of hydrogen-bond acceptors (Lipinski definition) is 4. The SMILES string of the molecule is CC1CN(C(=O)CN2C(=O)CN(C)C2=O)CCC1O. The second-order valence-corrected chi connectivity index (χ2v) is 5.29. The van der Waals surface area contributed by atoms with Gasteiger partial charge in [0.2, 0.25) is 5.91 Å². The molecule has 0 bridgehead atoms. The Morgan fingerprint density at radius 3 is 2.63 bits per heavy atom. The molecular formula is C12H19N3O4. The van der Waals surface area contributed by atoms with Gasteiger partial charge in [-0.15, -0.1) is 0 Å². The summed E-state index contributed by atoms with van der Waals surface area (Å²) in [4.78, 5) is 39.2. The summed E-state index contributed by atoms with van der Waals surface area (Å²) in [6, 6.07) is -0.427. The highest BCUT2D eigenvalue weighted by atomic mass is 16.3. The summed E-state index contributed by atoms with van der Waals surface area (Å²) in [5.41, 5.74) is 0. The first kappa shape index (κ1) is 13.8. The molecule has 0 aromatic heterocycles. The lowest BCUT2D eigenvalue weighted by Gasteiger charge is -2.34. The number of amides is 4. The van der Waals surface area contributed by atoms with Crippen molar-refractivity contribution in [3.05, 3.63) is 0 Å². The molecule has 0 aromatic rings. The van der Waals surface area contributed by atoms with Gasteiger partial charge in [-0.1, -0.05) is 6.92 Å². The van der Waals surface area contributed by atoms with Crippen LogP contribution in [0.5, 0.6) is 0 Å². The molecule has 7 nitrogen and oxygen atoms in total. The van der Waals surface area contributed by atoms with Crippen LogP contribution in [0.3, 0.4) is 0 Å². The fourth-order valence-electron chi connectivity index (χ4n) is 2.42. The predicted octanol–water partition coefficient (Wildman–Crippen LogP) is -0.890. The lowest BCUT2D eigenvalue weighted by molar-refractivity contribution is -0.139. The van der Waals surface area contributed by atoms with Gasteiger partial charge in [0, 0.05) is 20.1 Å². The van der Waals surface area contributed by atoms with Gasteiger partial charge in [0.05, 0.1) is 6.10 Å². The second kappa shape index (κ2) is 5.16. The molecule has 0 aromatic carbocycles. The molecule has 2 rings (SSSR count). The van der Waals surface area contributed by atoms with E-state index in [0.29, 0.717) is 19.5 Å². The number of aliphatic hydroxyl groups excluding tert-OH is 1. The number of carbonyl (C=O) groups excluding carboxylic acids is 3. The minimum absolute atomic E-state index is 0.0188. The van der Waals surface area contributed by atoms with E-state index < -0.39 is 6.03 Å². The van der Waals surface area contributed by atoms with Gasteiger partial charge in [0.15, 0.2) is 0 Å². The zero-order valence-electron chi connectivity index (χ0n) is 11.2. The molecule has 4 amide bonds. The molecule has 2 aliphatic rings. The van der Waals surface area contributed by atoms with Gasteiger partial charge in [-0.3, -0.25) is 14.5 Å². The van der Waals surface area contributed by atoms with Crippen molar-refractivity contribution in [2.75, 3.05) is 33.2 Å². The largest absolute Gasteiger partial charge is 0.393 e. The lowest BCUT2D eigenvalue weighted by Crippen LogP contribution is -2.49. The molecule has 106 valence electrons. The van der Waals surface area contributed by atoms with Crippen LogP contribution >= 0.6 is 0 Å². The molecule has 2 atom stereocenters. The van der Waals surface area contributed by atoms with Crippen LogP contribution in [0.2, 0.25) is 0 Å². The Labute approximate surface area is 111 Å². The smallest absolute Gasteiger partial charge is 0.327 e. The van der Waals surface area contributed by atoms with Crippen LogP contribution < -0.4 is 0 Å². The van der Waals surface area contributed by atoms with E-state index in [0.717, 1.165) is 4.90 Å². The zero-order valence-corrected chi connectivity index (χ0v) is 11.2. The third-order valence-corrected chi connectivity index (χ3v) is 3.74. The fourth-order valence-corrected chi connectivity index (χ4v) is 2.42. The van der Waals surface area contributed by atoms with Crippen molar-refractivity contribution in [1.29, 1.82) is 0 Å². The maximum atomic E-state index is 12.1. The average Bonchev–Trinajstić information content (AvgIpc) is 2.59. The zero-order chi connectivity index (χ0) is 14.2. The molecule has 2 saturated heterocycles. The molecular weight excluding hydrogens is 250 g/mol. The van der Waals surface area contributed by atoms with Gasteiger partial charge in [-0.25, -0.2) is 4.79 Å². The summed E-state index contributed by atoms with van der Waals surface area (Å²) in [5.74, 6) is -0.563. The van der Waals surface area contributed by atoms with Crippen molar-refractivity contribution in [3.8, 4) is 0 Å². The van der Waals surface area contributed by atoms with Gasteiger partial charge < -0.3 is 14.9 Å². The van der Waals surface area contributed by atoms with E-state index in [4.69, 9.17) is 0 Å². The number of piperidine rings is 1. The third kappa shape index (κ3) is 2.70. The normalized spacial score (nSPS) is 28.3. The Balaban J connectivity index is 1.94. The first-order chi connectivity index (χ1) is 8.90. The van der Waals surface area contributed by atoms with Crippen molar-refractivity contribution in [1.82, 2.24) is 14.7 Å². The molecule has 7 heteroatoms. The molecule has 0 saturated carbocycles. The molecule has 19 heavy (non-hydrogen) atoms. The Hall–Kier alpha value is -1.63. The minimum atomic E-state index is -0.427. The van der Waals surface area contributed by atoms with E-state index in [1.165, 1.54) is 11.9 Å². The quantitative estimate of drug-likeness (QED) is 0.659. The van der Waals surface area contributed by atoms with Crippen LogP contribution in [0.1, 0.15) is 13.3 Å². The monoisotopic (exact) mass is 269 g/mol. The predicted molar refractivity (Wildman–Crippen MR) is 66.1 cm³/mol.